The molecule has 0 saturated carbocycles. The maximum absolute atomic E-state index is 13.9. The highest BCUT2D eigenvalue weighted by Gasteiger charge is 2.28. The van der Waals surface area contributed by atoms with Crippen molar-refractivity contribution >= 4 is 44.9 Å². The van der Waals surface area contributed by atoms with Crippen molar-refractivity contribution < 1.29 is 14.3 Å². The number of aryl methyl sites for hydroxylation is 1. The number of esters is 1. The molecule has 41 heavy (non-hydrogen) atoms. The van der Waals surface area contributed by atoms with Crippen LogP contribution < -0.4 is 16.4 Å². The number of hydrogen-bond donors (Lipinski definition) is 2. The highest BCUT2D eigenvalue weighted by atomic mass is 32.1. The van der Waals surface area contributed by atoms with Gasteiger partial charge in [-0.15, -0.1) is 11.3 Å². The molecule has 208 valence electrons. The average Bonchev–Trinajstić information content (AvgIpc) is 3.35. The number of rotatable bonds is 6. The van der Waals surface area contributed by atoms with Gasteiger partial charge in [0.05, 0.1) is 29.2 Å². The molecule has 10 heteroatoms. The first-order chi connectivity index (χ1) is 19.9. The Balaban J connectivity index is 1.54. The smallest absolute Gasteiger partial charge is 0.341 e. The molecule has 1 aliphatic carbocycles. The largest absolute Gasteiger partial charge is 0.462 e. The predicted molar refractivity (Wildman–Crippen MR) is 158 cm³/mol. The molecule has 5 aromatic rings. The van der Waals surface area contributed by atoms with E-state index in [-0.39, 0.29) is 28.6 Å². The van der Waals surface area contributed by atoms with Gasteiger partial charge in [0.2, 0.25) is 0 Å². The van der Waals surface area contributed by atoms with E-state index in [1.807, 2.05) is 37.3 Å². The molecule has 0 radical (unpaired) electrons. The Kier molecular flexibility index (Phi) is 7.00. The van der Waals surface area contributed by atoms with Crippen molar-refractivity contribution in [3.05, 3.63) is 104 Å². The van der Waals surface area contributed by atoms with Crippen LogP contribution in [0.3, 0.4) is 0 Å². The van der Waals surface area contributed by atoms with Gasteiger partial charge in [-0.3, -0.25) is 19.4 Å². The first-order valence-electron chi connectivity index (χ1n) is 13.7. The number of nitrogens with one attached hydrogen (secondary N) is 2. The van der Waals surface area contributed by atoms with Gasteiger partial charge in [-0.05, 0) is 68.9 Å². The number of hydrogen-bond acceptors (Lipinski definition) is 7. The lowest BCUT2D eigenvalue weighted by Gasteiger charge is -2.21. The third-order valence-electron chi connectivity index (χ3n) is 7.55. The standard InChI is InChI=1S/C31H29N5O4S/c1-3-40-31(39)25-20-13-7-8-14-23(20)41-29(25)34-28(37)21-17-22-27(33-24-15-9-10-16-35(24)30(22)38)36(26(21)32)18(2)19-11-5-4-6-12-19/h4-6,9-12,15-18,32H,3,7-8,13-14H2,1-2H3,(H,34,37). The number of amides is 1. The van der Waals surface area contributed by atoms with Crippen LogP contribution in [-0.2, 0) is 17.6 Å². The summed E-state index contributed by atoms with van der Waals surface area (Å²) in [6.07, 6.45) is 5.21. The number of fused-ring (bicyclic) bond motifs is 3. The molecule has 0 saturated heterocycles. The summed E-state index contributed by atoms with van der Waals surface area (Å²) in [5, 5.41) is 12.7. The minimum absolute atomic E-state index is 0.0104. The van der Waals surface area contributed by atoms with E-state index in [9.17, 15) is 19.8 Å². The van der Waals surface area contributed by atoms with Crippen LogP contribution in [0.15, 0.2) is 65.6 Å². The molecule has 0 aliphatic heterocycles. The van der Waals surface area contributed by atoms with Crippen molar-refractivity contribution in [1.82, 2.24) is 14.0 Å². The van der Waals surface area contributed by atoms with E-state index in [2.05, 4.69) is 5.32 Å². The van der Waals surface area contributed by atoms with Crippen LogP contribution in [0.25, 0.3) is 16.7 Å². The van der Waals surface area contributed by atoms with Gasteiger partial charge in [0, 0.05) is 11.1 Å². The minimum Gasteiger partial charge on any atom is -0.462 e. The lowest BCUT2D eigenvalue weighted by Crippen LogP contribution is -2.34. The molecular weight excluding hydrogens is 538 g/mol. The number of ether oxygens (including phenoxy) is 1. The molecule has 6 rings (SSSR count). The van der Waals surface area contributed by atoms with Crippen molar-refractivity contribution in [3.63, 3.8) is 0 Å². The Bertz CT molecular complexity index is 1940. The lowest BCUT2D eigenvalue weighted by molar-refractivity contribution is 0.0526. The SMILES string of the molecule is CCOC(=O)c1c(NC(=O)c2cc3c(=O)n4ccccc4nc3n(C(C)c3ccccc3)c2=N)sc2c1CCCC2. The van der Waals surface area contributed by atoms with Crippen LogP contribution in [0, 0.1) is 5.41 Å². The fourth-order valence-electron chi connectivity index (χ4n) is 5.52. The summed E-state index contributed by atoms with van der Waals surface area (Å²) in [5.74, 6) is -1.04. The molecule has 4 aromatic heterocycles. The van der Waals surface area contributed by atoms with Crippen molar-refractivity contribution in [2.75, 3.05) is 11.9 Å². The van der Waals surface area contributed by atoms with E-state index < -0.39 is 17.9 Å². The molecule has 9 nitrogen and oxygen atoms in total. The molecule has 0 spiro atoms. The van der Waals surface area contributed by atoms with Crippen LogP contribution in [0.5, 0.6) is 0 Å². The zero-order chi connectivity index (χ0) is 28.7. The fraction of sp³-hybridized carbons (Fsp3) is 0.258. The van der Waals surface area contributed by atoms with Crippen LogP contribution >= 0.6 is 11.3 Å². The zero-order valence-electron chi connectivity index (χ0n) is 22.8. The molecule has 2 N–H and O–H groups in total. The fourth-order valence-corrected chi connectivity index (χ4v) is 6.80. The van der Waals surface area contributed by atoms with Gasteiger partial charge >= 0.3 is 5.97 Å². The zero-order valence-corrected chi connectivity index (χ0v) is 23.6. The Morgan fingerprint density at radius 1 is 1.12 bits per heavy atom. The number of thiophene rings is 1. The Hall–Kier alpha value is -4.57. The summed E-state index contributed by atoms with van der Waals surface area (Å²) in [6.45, 7) is 3.88. The van der Waals surface area contributed by atoms with E-state index >= 15 is 0 Å². The quantitative estimate of drug-likeness (QED) is 0.218. The lowest BCUT2D eigenvalue weighted by atomic mass is 9.95. The molecule has 1 aromatic carbocycles. The van der Waals surface area contributed by atoms with Gasteiger partial charge in [-0.1, -0.05) is 36.4 Å². The van der Waals surface area contributed by atoms with Crippen molar-refractivity contribution in [1.29, 1.82) is 5.41 Å². The van der Waals surface area contributed by atoms with E-state index in [4.69, 9.17) is 9.72 Å². The molecule has 1 atom stereocenters. The van der Waals surface area contributed by atoms with E-state index in [0.29, 0.717) is 21.9 Å². The minimum atomic E-state index is -0.576. The van der Waals surface area contributed by atoms with Crippen LogP contribution in [0.4, 0.5) is 5.00 Å². The van der Waals surface area contributed by atoms with Crippen LogP contribution in [-0.4, -0.2) is 32.4 Å². The molecule has 1 aliphatic rings. The third kappa shape index (κ3) is 4.63. The van der Waals surface area contributed by atoms with Gasteiger partial charge < -0.3 is 14.6 Å². The summed E-state index contributed by atoms with van der Waals surface area (Å²) in [5.41, 5.74) is 2.57. The van der Waals surface area contributed by atoms with E-state index in [1.165, 1.54) is 21.8 Å². The number of nitrogens with zero attached hydrogens (tertiary/aromatic N) is 3. The van der Waals surface area contributed by atoms with E-state index in [0.717, 1.165) is 41.7 Å². The number of carbonyl (C=O) groups excluding carboxylic acids is 2. The second kappa shape index (κ2) is 10.8. The number of aromatic nitrogens is 3. The second-order valence-corrected chi connectivity index (χ2v) is 11.1. The van der Waals surface area contributed by atoms with Gasteiger partial charge in [-0.25, -0.2) is 9.78 Å². The first kappa shape index (κ1) is 26.6. The highest BCUT2D eigenvalue weighted by molar-refractivity contribution is 7.17. The van der Waals surface area contributed by atoms with Crippen molar-refractivity contribution in [3.8, 4) is 0 Å². The highest BCUT2D eigenvalue weighted by Crippen LogP contribution is 2.39. The Morgan fingerprint density at radius 3 is 2.66 bits per heavy atom. The molecular formula is C31H29N5O4S. The molecule has 0 fully saturated rings. The predicted octanol–water partition coefficient (Wildman–Crippen LogP) is 5.11. The normalized spacial score (nSPS) is 13.6. The van der Waals surface area contributed by atoms with Gasteiger partial charge in [0.25, 0.3) is 11.5 Å². The molecule has 1 amide bonds. The van der Waals surface area contributed by atoms with Crippen molar-refractivity contribution in [2.24, 2.45) is 0 Å². The van der Waals surface area contributed by atoms with Gasteiger partial charge in [0.1, 0.15) is 21.8 Å². The van der Waals surface area contributed by atoms with Gasteiger partial charge in [0.15, 0.2) is 0 Å². The third-order valence-corrected chi connectivity index (χ3v) is 8.76. The van der Waals surface area contributed by atoms with E-state index in [1.54, 1.807) is 35.9 Å². The van der Waals surface area contributed by atoms with Crippen LogP contribution in [0.2, 0.25) is 0 Å². The van der Waals surface area contributed by atoms with Crippen molar-refractivity contribution in [2.45, 2.75) is 45.6 Å². The Morgan fingerprint density at radius 2 is 1.88 bits per heavy atom. The average molecular weight is 568 g/mol. The summed E-state index contributed by atoms with van der Waals surface area (Å²) in [4.78, 5) is 46.3. The Labute approximate surface area is 239 Å². The summed E-state index contributed by atoms with van der Waals surface area (Å²) >= 11 is 1.38. The number of benzene rings is 1. The summed E-state index contributed by atoms with van der Waals surface area (Å²) < 4.78 is 8.39. The topological polar surface area (TPSA) is 119 Å². The van der Waals surface area contributed by atoms with Crippen LogP contribution in [0.1, 0.15) is 69.5 Å². The first-order valence-corrected chi connectivity index (χ1v) is 14.5. The maximum atomic E-state index is 13.9. The number of pyridine rings is 2. The number of carbonyl (C=O) groups is 2. The summed E-state index contributed by atoms with van der Waals surface area (Å²) in [6, 6.07) is 15.9. The monoisotopic (exact) mass is 567 g/mol. The molecule has 1 unspecified atom stereocenters. The maximum Gasteiger partial charge on any atom is 0.341 e. The second-order valence-electron chi connectivity index (χ2n) is 10.0. The summed E-state index contributed by atoms with van der Waals surface area (Å²) in [7, 11) is 0. The molecule has 4 heterocycles. The van der Waals surface area contributed by atoms with Gasteiger partial charge in [-0.2, -0.15) is 0 Å². The number of anilines is 1. The molecule has 0 bridgehead atoms.